The van der Waals surface area contributed by atoms with Gasteiger partial charge in [-0.3, -0.25) is 9.20 Å². The highest BCUT2D eigenvalue weighted by Gasteiger charge is 2.23. The van der Waals surface area contributed by atoms with Crippen molar-refractivity contribution in [3.63, 3.8) is 0 Å². The van der Waals surface area contributed by atoms with Crippen LogP contribution in [0.3, 0.4) is 0 Å². The topological polar surface area (TPSA) is 85.6 Å². The summed E-state index contributed by atoms with van der Waals surface area (Å²) in [6.45, 7) is 1.97. The number of rotatable bonds is 7. The highest BCUT2D eigenvalue weighted by Crippen LogP contribution is 2.36. The predicted octanol–water partition coefficient (Wildman–Crippen LogP) is 5.02. The first-order valence-electron chi connectivity index (χ1n) is 9.33. The molecule has 0 aliphatic carbocycles. The zero-order valence-corrected chi connectivity index (χ0v) is 18.8. The number of benzene rings is 1. The van der Waals surface area contributed by atoms with Gasteiger partial charge in [-0.2, -0.15) is 0 Å². The molecule has 0 saturated heterocycles. The number of amides is 1. The Morgan fingerprint density at radius 3 is 2.77 bits per heavy atom. The number of thiophene rings is 1. The van der Waals surface area contributed by atoms with Gasteiger partial charge in [-0.05, 0) is 36.8 Å². The number of carbonyl (C=O) groups is 2. The Kier molecular flexibility index (Phi) is 6.55. The third kappa shape index (κ3) is 4.73. The minimum absolute atomic E-state index is 0.117. The van der Waals surface area contributed by atoms with E-state index in [4.69, 9.17) is 16.3 Å². The number of halogens is 1. The van der Waals surface area contributed by atoms with E-state index in [1.165, 1.54) is 23.1 Å². The van der Waals surface area contributed by atoms with Crippen molar-refractivity contribution in [2.24, 2.45) is 0 Å². The third-order valence-electron chi connectivity index (χ3n) is 4.29. The molecule has 31 heavy (non-hydrogen) atoms. The molecule has 1 aromatic carbocycles. The van der Waals surface area contributed by atoms with Gasteiger partial charge in [-0.15, -0.1) is 21.5 Å². The molecule has 0 atom stereocenters. The van der Waals surface area contributed by atoms with Crippen LogP contribution in [0.15, 0.2) is 59.2 Å². The SMILES string of the molecule is CCOC(=O)c1c(-c2ccc(Cl)cc2)csc1NC(=O)CSc1nnc2ccccn12. The van der Waals surface area contributed by atoms with E-state index in [-0.39, 0.29) is 18.3 Å². The Labute approximate surface area is 191 Å². The molecule has 158 valence electrons. The molecule has 0 aliphatic heterocycles. The largest absolute Gasteiger partial charge is 0.462 e. The lowest BCUT2D eigenvalue weighted by Gasteiger charge is -2.09. The van der Waals surface area contributed by atoms with Crippen molar-refractivity contribution in [3.05, 3.63) is 64.6 Å². The fourth-order valence-electron chi connectivity index (χ4n) is 2.91. The quantitative estimate of drug-likeness (QED) is 0.300. The lowest BCUT2D eigenvalue weighted by Crippen LogP contribution is -2.16. The van der Waals surface area contributed by atoms with Crippen LogP contribution in [-0.2, 0) is 9.53 Å². The molecule has 0 unspecified atom stereocenters. The molecule has 4 aromatic rings. The molecular weight excluding hydrogens is 456 g/mol. The van der Waals surface area contributed by atoms with Gasteiger partial charge in [0.1, 0.15) is 10.6 Å². The van der Waals surface area contributed by atoms with Crippen molar-refractivity contribution in [1.29, 1.82) is 0 Å². The summed E-state index contributed by atoms with van der Waals surface area (Å²) >= 11 is 8.52. The average Bonchev–Trinajstić information content (AvgIpc) is 3.37. The maximum Gasteiger partial charge on any atom is 0.341 e. The van der Waals surface area contributed by atoms with E-state index < -0.39 is 5.97 Å². The number of nitrogens with zero attached hydrogens (tertiary/aromatic N) is 3. The van der Waals surface area contributed by atoms with Crippen LogP contribution in [0.5, 0.6) is 0 Å². The summed E-state index contributed by atoms with van der Waals surface area (Å²) in [6.07, 6.45) is 1.84. The van der Waals surface area contributed by atoms with Crippen molar-refractivity contribution in [2.75, 3.05) is 17.7 Å². The Bertz CT molecular complexity index is 1240. The molecule has 0 bridgehead atoms. The van der Waals surface area contributed by atoms with Gasteiger partial charge in [0.25, 0.3) is 0 Å². The number of hydrogen-bond donors (Lipinski definition) is 1. The number of thioether (sulfide) groups is 1. The molecular formula is C21H17ClN4O3S2. The van der Waals surface area contributed by atoms with Crippen LogP contribution in [0.1, 0.15) is 17.3 Å². The molecule has 10 heteroatoms. The summed E-state index contributed by atoms with van der Waals surface area (Å²) in [5.74, 6) is -0.626. The molecule has 0 spiro atoms. The van der Waals surface area contributed by atoms with Gasteiger partial charge in [0, 0.05) is 22.2 Å². The second-order valence-corrected chi connectivity index (χ2v) is 8.59. The molecule has 3 aromatic heterocycles. The molecule has 1 amide bonds. The lowest BCUT2D eigenvalue weighted by molar-refractivity contribution is -0.113. The summed E-state index contributed by atoms with van der Waals surface area (Å²) in [4.78, 5) is 25.3. The molecule has 0 radical (unpaired) electrons. The van der Waals surface area contributed by atoms with Gasteiger partial charge in [0.2, 0.25) is 5.91 Å². The fourth-order valence-corrected chi connectivity index (χ4v) is 4.73. The molecule has 0 aliphatic rings. The van der Waals surface area contributed by atoms with Crippen LogP contribution in [0.2, 0.25) is 5.02 Å². The Morgan fingerprint density at radius 2 is 2.00 bits per heavy atom. The smallest absolute Gasteiger partial charge is 0.341 e. The van der Waals surface area contributed by atoms with Gasteiger partial charge in [0.05, 0.1) is 12.4 Å². The highest BCUT2D eigenvalue weighted by atomic mass is 35.5. The number of fused-ring (bicyclic) bond motifs is 1. The average molecular weight is 473 g/mol. The van der Waals surface area contributed by atoms with Crippen molar-refractivity contribution >= 4 is 57.2 Å². The van der Waals surface area contributed by atoms with E-state index in [1.807, 2.05) is 46.3 Å². The minimum Gasteiger partial charge on any atom is -0.462 e. The van der Waals surface area contributed by atoms with Crippen molar-refractivity contribution in [2.45, 2.75) is 12.1 Å². The zero-order valence-electron chi connectivity index (χ0n) is 16.4. The maximum absolute atomic E-state index is 12.6. The van der Waals surface area contributed by atoms with Crippen LogP contribution in [0, 0.1) is 0 Å². The lowest BCUT2D eigenvalue weighted by atomic mass is 10.0. The maximum atomic E-state index is 12.6. The van der Waals surface area contributed by atoms with E-state index in [2.05, 4.69) is 15.5 Å². The molecule has 3 heterocycles. The van der Waals surface area contributed by atoms with Crippen LogP contribution in [0.4, 0.5) is 5.00 Å². The number of aromatic nitrogens is 3. The normalized spacial score (nSPS) is 10.9. The number of ether oxygens (including phenoxy) is 1. The van der Waals surface area contributed by atoms with Gasteiger partial charge in [-0.1, -0.05) is 41.6 Å². The van der Waals surface area contributed by atoms with Crippen LogP contribution in [0.25, 0.3) is 16.8 Å². The summed E-state index contributed by atoms with van der Waals surface area (Å²) in [5.41, 5.74) is 2.54. The van der Waals surface area contributed by atoms with Crippen molar-refractivity contribution < 1.29 is 14.3 Å². The summed E-state index contributed by atoms with van der Waals surface area (Å²) in [7, 11) is 0. The number of hydrogen-bond acceptors (Lipinski definition) is 7. The monoisotopic (exact) mass is 472 g/mol. The number of nitrogens with one attached hydrogen (secondary N) is 1. The molecule has 0 fully saturated rings. The molecule has 0 saturated carbocycles. The fraction of sp³-hybridized carbons (Fsp3) is 0.143. The van der Waals surface area contributed by atoms with E-state index in [0.29, 0.717) is 32.0 Å². The van der Waals surface area contributed by atoms with Crippen LogP contribution < -0.4 is 5.32 Å². The second-order valence-electron chi connectivity index (χ2n) is 6.33. The van der Waals surface area contributed by atoms with Crippen molar-refractivity contribution in [3.8, 4) is 11.1 Å². The van der Waals surface area contributed by atoms with E-state index in [9.17, 15) is 9.59 Å². The Hall–Kier alpha value is -2.88. The summed E-state index contributed by atoms with van der Waals surface area (Å²) < 4.78 is 7.04. The second kappa shape index (κ2) is 9.51. The Balaban J connectivity index is 1.53. The summed E-state index contributed by atoms with van der Waals surface area (Å²) in [5, 5.41) is 14.5. The molecule has 1 N–H and O–H groups in total. The van der Waals surface area contributed by atoms with Gasteiger partial charge in [-0.25, -0.2) is 4.79 Å². The predicted molar refractivity (Wildman–Crippen MR) is 123 cm³/mol. The van der Waals surface area contributed by atoms with Gasteiger partial charge in [0.15, 0.2) is 10.8 Å². The third-order valence-corrected chi connectivity index (χ3v) is 6.38. The minimum atomic E-state index is -0.486. The van der Waals surface area contributed by atoms with E-state index in [0.717, 1.165) is 5.56 Å². The van der Waals surface area contributed by atoms with Crippen LogP contribution in [-0.4, -0.2) is 38.8 Å². The van der Waals surface area contributed by atoms with Crippen molar-refractivity contribution in [1.82, 2.24) is 14.6 Å². The number of esters is 1. The Morgan fingerprint density at radius 1 is 1.19 bits per heavy atom. The highest BCUT2D eigenvalue weighted by molar-refractivity contribution is 7.99. The molecule has 7 nitrogen and oxygen atoms in total. The summed E-state index contributed by atoms with van der Waals surface area (Å²) in [6, 6.07) is 12.7. The first-order valence-corrected chi connectivity index (χ1v) is 11.6. The first kappa shape index (κ1) is 21.4. The standard InChI is InChI=1S/C21H17ClN4O3S2/c1-2-29-20(28)18-15(13-6-8-14(22)9-7-13)11-30-19(18)23-17(27)12-31-21-25-24-16-5-3-4-10-26(16)21/h3-11H,2,12H2,1H3,(H,23,27). The first-order chi connectivity index (χ1) is 15.1. The van der Waals surface area contributed by atoms with Gasteiger partial charge < -0.3 is 10.1 Å². The number of carbonyl (C=O) groups excluding carboxylic acids is 2. The number of anilines is 1. The van der Waals surface area contributed by atoms with E-state index in [1.54, 1.807) is 19.1 Å². The zero-order chi connectivity index (χ0) is 21.8. The van der Waals surface area contributed by atoms with Gasteiger partial charge >= 0.3 is 5.97 Å². The van der Waals surface area contributed by atoms with E-state index >= 15 is 0 Å². The number of pyridine rings is 1. The molecule has 4 rings (SSSR count). The van der Waals surface area contributed by atoms with Crippen LogP contribution >= 0.6 is 34.7 Å².